The minimum Gasteiger partial charge on any atom is -0.493 e. The molecule has 1 N–H and O–H groups in total. The van der Waals surface area contributed by atoms with Crippen LogP contribution in [0.3, 0.4) is 0 Å². The highest BCUT2D eigenvalue weighted by atomic mass is 16.6. The lowest BCUT2D eigenvalue weighted by atomic mass is 9.68. The molecule has 0 saturated carbocycles. The van der Waals surface area contributed by atoms with Gasteiger partial charge < -0.3 is 14.8 Å². The Balaban J connectivity index is 1.45. The molecule has 4 aromatic rings. The number of carbonyl (C=O) groups excluding carboxylic acids is 2. The first-order chi connectivity index (χ1) is 19.3. The van der Waals surface area contributed by atoms with Crippen LogP contribution in [0.5, 0.6) is 11.5 Å². The third-order valence-electron chi connectivity index (χ3n) is 7.97. The predicted molar refractivity (Wildman–Crippen MR) is 155 cm³/mol. The van der Waals surface area contributed by atoms with Crippen molar-refractivity contribution in [1.29, 1.82) is 0 Å². The predicted octanol–water partition coefficient (Wildman–Crippen LogP) is 6.58. The quantitative estimate of drug-likeness (QED) is 0.178. The number of nitrogens with zero attached hydrogens (tertiary/aromatic N) is 1. The molecule has 202 valence electrons. The van der Waals surface area contributed by atoms with E-state index in [0.717, 1.165) is 51.8 Å². The molecule has 6 heteroatoms. The van der Waals surface area contributed by atoms with E-state index in [1.54, 1.807) is 25.3 Å². The van der Waals surface area contributed by atoms with Crippen LogP contribution in [0.15, 0.2) is 90.4 Å². The van der Waals surface area contributed by atoms with Crippen LogP contribution >= 0.6 is 0 Å². The molecular weight excluding hydrogens is 500 g/mol. The fraction of sp³-hybridized carbons (Fsp3) is 0.265. The first kappa shape index (κ1) is 25.8. The molecule has 2 aliphatic rings. The summed E-state index contributed by atoms with van der Waals surface area (Å²) < 4.78 is 13.5. The van der Waals surface area contributed by atoms with E-state index >= 15 is 0 Å². The number of benzene rings is 3. The smallest absolute Gasteiger partial charge is 0.344 e. The zero-order valence-electron chi connectivity index (χ0n) is 23.3. The number of hydrogen-bond donors (Lipinski definition) is 1. The molecular formula is C34H33N2O4+. The molecule has 0 fully saturated rings. The van der Waals surface area contributed by atoms with Gasteiger partial charge in [0, 0.05) is 41.4 Å². The van der Waals surface area contributed by atoms with Crippen LogP contribution in [-0.4, -0.2) is 18.9 Å². The molecule has 40 heavy (non-hydrogen) atoms. The van der Waals surface area contributed by atoms with Gasteiger partial charge >= 0.3 is 5.97 Å². The summed E-state index contributed by atoms with van der Waals surface area (Å²) in [6.45, 7) is 7.14. The zero-order chi connectivity index (χ0) is 28.0. The van der Waals surface area contributed by atoms with E-state index in [-0.39, 0.29) is 17.1 Å². The fourth-order valence-electron chi connectivity index (χ4n) is 6.05. The maximum absolute atomic E-state index is 13.7. The summed E-state index contributed by atoms with van der Waals surface area (Å²) in [4.78, 5) is 26.7. The lowest BCUT2D eigenvalue weighted by Gasteiger charge is -2.40. The molecule has 1 unspecified atom stereocenters. The van der Waals surface area contributed by atoms with Gasteiger partial charge in [-0.25, -0.2) is 9.36 Å². The number of ketones is 1. The van der Waals surface area contributed by atoms with Crippen molar-refractivity contribution in [3.8, 4) is 11.5 Å². The molecule has 0 spiro atoms. The Morgan fingerprint density at radius 2 is 1.77 bits per heavy atom. The summed E-state index contributed by atoms with van der Waals surface area (Å²) in [5.74, 6) is 0.197. The summed E-state index contributed by atoms with van der Waals surface area (Å²) in [6, 6.07) is 21.6. The van der Waals surface area contributed by atoms with Gasteiger partial charge in [0.25, 0.3) is 0 Å². The number of ether oxygens (including phenoxy) is 2. The van der Waals surface area contributed by atoms with Crippen LogP contribution in [0.1, 0.15) is 61.0 Å². The molecule has 6 rings (SSSR count). The van der Waals surface area contributed by atoms with Crippen molar-refractivity contribution < 1.29 is 23.6 Å². The van der Waals surface area contributed by atoms with E-state index < -0.39 is 5.97 Å². The van der Waals surface area contributed by atoms with Gasteiger partial charge in [-0.15, -0.1) is 0 Å². The summed E-state index contributed by atoms with van der Waals surface area (Å²) in [5, 5.41) is 5.84. The molecule has 3 aromatic carbocycles. The molecule has 1 aliphatic carbocycles. The lowest BCUT2D eigenvalue weighted by Crippen LogP contribution is -2.33. The van der Waals surface area contributed by atoms with Crippen LogP contribution in [-0.2, 0) is 11.3 Å². The number of allylic oxidation sites excluding steroid dienone is 2. The number of carbonyl (C=O) groups is 2. The summed E-state index contributed by atoms with van der Waals surface area (Å²) in [5.41, 5.74) is 5.13. The number of rotatable bonds is 5. The van der Waals surface area contributed by atoms with Gasteiger partial charge in [0.05, 0.1) is 12.7 Å². The Morgan fingerprint density at radius 3 is 2.52 bits per heavy atom. The van der Waals surface area contributed by atoms with E-state index in [1.807, 2.05) is 48.1 Å². The molecule has 1 aromatic heterocycles. The number of esters is 1. The zero-order valence-corrected chi connectivity index (χ0v) is 23.3. The molecule has 6 nitrogen and oxygen atoms in total. The normalized spacial score (nSPS) is 17.6. The SMILES string of the molecule is CC[n+]1ccc(C(=O)Oc2ccc(C3C4=C(CC(C)(C)CC4=O)Nc4ccc5ccccc5c43)cc2OC)cc1. The summed E-state index contributed by atoms with van der Waals surface area (Å²) in [6.07, 6.45) is 4.98. The number of aryl methyl sites for hydroxylation is 1. The number of anilines is 1. The second kappa shape index (κ2) is 9.94. The van der Waals surface area contributed by atoms with E-state index in [0.29, 0.717) is 23.5 Å². The Bertz CT molecular complexity index is 1680. The molecule has 0 radical (unpaired) electrons. The second-order valence-corrected chi connectivity index (χ2v) is 11.4. The van der Waals surface area contributed by atoms with Crippen molar-refractivity contribution >= 4 is 28.2 Å². The first-order valence-electron chi connectivity index (χ1n) is 13.7. The van der Waals surface area contributed by atoms with Crippen molar-refractivity contribution in [3.05, 3.63) is 107 Å². The van der Waals surface area contributed by atoms with Crippen molar-refractivity contribution in [2.24, 2.45) is 5.41 Å². The molecule has 2 heterocycles. The topological polar surface area (TPSA) is 68.5 Å². The van der Waals surface area contributed by atoms with Crippen molar-refractivity contribution in [3.63, 3.8) is 0 Å². The number of nitrogens with one attached hydrogen (secondary N) is 1. The average molecular weight is 534 g/mol. The highest BCUT2D eigenvalue weighted by Crippen LogP contribution is 2.51. The number of hydrogen-bond acceptors (Lipinski definition) is 5. The number of pyridine rings is 1. The number of Topliss-reactive ketones (excluding diaryl/α,β-unsaturated/α-hetero) is 1. The van der Waals surface area contributed by atoms with Gasteiger partial charge in [-0.3, -0.25) is 4.79 Å². The van der Waals surface area contributed by atoms with Gasteiger partial charge in [-0.05, 0) is 58.9 Å². The van der Waals surface area contributed by atoms with Gasteiger partial charge in [0.1, 0.15) is 6.54 Å². The van der Waals surface area contributed by atoms with E-state index in [2.05, 4.69) is 43.4 Å². The van der Waals surface area contributed by atoms with Crippen molar-refractivity contribution in [1.82, 2.24) is 0 Å². The van der Waals surface area contributed by atoms with E-state index in [1.165, 1.54) is 0 Å². The largest absolute Gasteiger partial charge is 0.493 e. The molecule has 0 bridgehead atoms. The Labute approximate surface area is 234 Å². The van der Waals surface area contributed by atoms with E-state index in [9.17, 15) is 9.59 Å². The Morgan fingerprint density at radius 1 is 1.00 bits per heavy atom. The number of fused-ring (bicyclic) bond motifs is 3. The average Bonchev–Trinajstić information content (AvgIpc) is 2.95. The number of aromatic nitrogens is 1. The van der Waals surface area contributed by atoms with Gasteiger partial charge in [-0.1, -0.05) is 50.2 Å². The first-order valence-corrected chi connectivity index (χ1v) is 13.7. The minimum absolute atomic E-state index is 0.120. The maximum atomic E-state index is 13.7. The third-order valence-corrected chi connectivity index (χ3v) is 7.97. The van der Waals surface area contributed by atoms with Crippen LogP contribution in [0.4, 0.5) is 5.69 Å². The molecule has 0 saturated heterocycles. The van der Waals surface area contributed by atoms with Gasteiger partial charge in [0.2, 0.25) is 0 Å². The summed E-state index contributed by atoms with van der Waals surface area (Å²) in [7, 11) is 1.56. The maximum Gasteiger partial charge on any atom is 0.344 e. The van der Waals surface area contributed by atoms with Crippen molar-refractivity contribution in [2.75, 3.05) is 12.4 Å². The minimum atomic E-state index is -0.456. The van der Waals surface area contributed by atoms with E-state index in [4.69, 9.17) is 9.47 Å². The van der Waals surface area contributed by atoms with Crippen molar-refractivity contribution in [2.45, 2.75) is 46.1 Å². The third kappa shape index (κ3) is 4.53. The second-order valence-electron chi connectivity index (χ2n) is 11.4. The van der Waals surface area contributed by atoms with Crippen LogP contribution in [0.25, 0.3) is 10.8 Å². The molecule has 1 atom stereocenters. The highest BCUT2D eigenvalue weighted by Gasteiger charge is 2.41. The molecule has 1 aliphatic heterocycles. The monoisotopic (exact) mass is 533 g/mol. The number of methoxy groups -OCH3 is 1. The Kier molecular flexibility index (Phi) is 6.41. The van der Waals surface area contributed by atoms with Gasteiger partial charge in [0.15, 0.2) is 29.7 Å². The standard InChI is InChI=1S/C34H32N2O4/c1-5-36-16-14-22(15-17-36)33(38)40-28-13-11-23(18-29(28)39-4)30-31-24-9-7-6-8-21(24)10-12-25(31)35-26-19-34(2,3)20-27(37)32(26)30/h6-18,30H,5,19-20H2,1-4H3/p+1. The van der Waals surface area contributed by atoms with Crippen LogP contribution < -0.4 is 19.4 Å². The summed E-state index contributed by atoms with van der Waals surface area (Å²) >= 11 is 0. The highest BCUT2D eigenvalue weighted by molar-refractivity contribution is 6.04. The van der Waals surface area contributed by atoms with Crippen LogP contribution in [0, 0.1) is 5.41 Å². The lowest BCUT2D eigenvalue weighted by molar-refractivity contribution is -0.693. The molecule has 0 amide bonds. The van der Waals surface area contributed by atoms with Crippen LogP contribution in [0.2, 0.25) is 0 Å². The fourth-order valence-corrected chi connectivity index (χ4v) is 6.05. The Hall–Kier alpha value is -4.45. The van der Waals surface area contributed by atoms with Gasteiger partial charge in [-0.2, -0.15) is 0 Å².